The first kappa shape index (κ1) is 43.5. The Hall–Kier alpha value is 0.540. The van der Waals surface area contributed by atoms with Gasteiger partial charge < -0.3 is 38.5 Å². The topological polar surface area (TPSA) is 129 Å². The molecule has 0 spiro atoms. The number of aliphatic hydroxyl groups excluding tert-OH is 1. The van der Waals surface area contributed by atoms with Crippen LogP contribution in [0.2, 0.25) is 0 Å². The van der Waals surface area contributed by atoms with Crippen LogP contribution in [-0.2, 0) is 13.8 Å². The fourth-order valence-corrected chi connectivity index (χ4v) is 6.44. The molecule has 260 valence electrons. The van der Waals surface area contributed by atoms with E-state index < -0.39 is 28.7 Å². The van der Waals surface area contributed by atoms with Crippen LogP contribution in [0.15, 0.2) is 0 Å². The van der Waals surface area contributed by atoms with Gasteiger partial charge in [-0.2, -0.15) is 0 Å². The van der Waals surface area contributed by atoms with Crippen LogP contribution in [0.1, 0.15) is 174 Å². The van der Waals surface area contributed by atoms with E-state index in [-0.39, 0.29) is 19.8 Å². The van der Waals surface area contributed by atoms with Crippen LogP contribution in [0.25, 0.3) is 0 Å². The second kappa shape index (κ2) is 32.5. The van der Waals surface area contributed by atoms with E-state index in [1.165, 1.54) is 122 Å². The van der Waals surface area contributed by atoms with Crippen LogP contribution in [0.4, 0.5) is 0 Å². The Morgan fingerprint density at radius 1 is 0.488 bits per heavy atom. The standard InChI is InChI=1S/C33H70O8P2/c1-3-5-7-9-11-13-15-17-19-21-23-25-27-32(33(29-34,30-40-42(35)36)31-41-43(37)38)39-28-26-24-22-20-18-16-14-12-10-8-6-4-2/h32,34-38H,3-31H2,1-2H3. The van der Waals surface area contributed by atoms with E-state index >= 15 is 0 Å². The Balaban J connectivity index is 4.59. The zero-order valence-corrected chi connectivity index (χ0v) is 29.7. The maximum Gasteiger partial charge on any atom is 0.327 e. The molecule has 0 aromatic carbocycles. The normalized spacial score (nSPS) is 13.0. The molecule has 1 atom stereocenters. The third-order valence-corrected chi connectivity index (χ3v) is 9.29. The summed E-state index contributed by atoms with van der Waals surface area (Å²) < 4.78 is 16.6. The van der Waals surface area contributed by atoms with Crippen molar-refractivity contribution in [2.45, 2.75) is 180 Å². The van der Waals surface area contributed by atoms with E-state index in [2.05, 4.69) is 13.8 Å². The number of rotatable bonds is 35. The summed E-state index contributed by atoms with van der Waals surface area (Å²) in [7, 11) is -5.25. The molecule has 0 amide bonds. The van der Waals surface area contributed by atoms with Crippen molar-refractivity contribution < 1.29 is 38.5 Å². The number of aliphatic hydroxyl groups is 1. The van der Waals surface area contributed by atoms with Crippen molar-refractivity contribution in [1.82, 2.24) is 0 Å². The third kappa shape index (κ3) is 27.4. The summed E-state index contributed by atoms with van der Waals surface area (Å²) in [5, 5.41) is 10.4. The molecule has 0 aliphatic heterocycles. The average molecular weight is 657 g/mol. The molecule has 0 bridgehead atoms. The van der Waals surface area contributed by atoms with Gasteiger partial charge in [-0.3, -0.25) is 0 Å². The molecule has 0 saturated carbocycles. The van der Waals surface area contributed by atoms with Crippen molar-refractivity contribution in [3.8, 4) is 0 Å². The molecule has 0 aromatic rings. The highest BCUT2D eigenvalue weighted by molar-refractivity contribution is 7.39. The highest BCUT2D eigenvalue weighted by Gasteiger charge is 2.41. The van der Waals surface area contributed by atoms with Crippen molar-refractivity contribution in [3.05, 3.63) is 0 Å². The maximum absolute atomic E-state index is 10.4. The minimum Gasteiger partial charge on any atom is -0.396 e. The van der Waals surface area contributed by atoms with Crippen molar-refractivity contribution in [2.24, 2.45) is 5.41 Å². The van der Waals surface area contributed by atoms with Gasteiger partial charge in [0.25, 0.3) is 0 Å². The summed E-state index contributed by atoms with van der Waals surface area (Å²) >= 11 is 0. The lowest BCUT2D eigenvalue weighted by Crippen LogP contribution is -2.47. The first-order chi connectivity index (χ1) is 20.9. The quantitative estimate of drug-likeness (QED) is 0.0337. The lowest BCUT2D eigenvalue weighted by molar-refractivity contribution is -0.111. The molecule has 0 radical (unpaired) electrons. The van der Waals surface area contributed by atoms with Gasteiger partial charge in [0.05, 0.1) is 31.3 Å². The lowest BCUT2D eigenvalue weighted by atomic mass is 9.81. The molecular weight excluding hydrogens is 586 g/mol. The van der Waals surface area contributed by atoms with Gasteiger partial charge in [0.1, 0.15) is 0 Å². The first-order valence-corrected chi connectivity index (χ1v) is 20.1. The monoisotopic (exact) mass is 656 g/mol. The molecule has 0 fully saturated rings. The molecule has 0 saturated heterocycles. The summed E-state index contributed by atoms with van der Waals surface area (Å²) in [4.78, 5) is 37.6. The predicted molar refractivity (Wildman–Crippen MR) is 181 cm³/mol. The number of hydrogen-bond acceptors (Lipinski definition) is 8. The van der Waals surface area contributed by atoms with E-state index in [1.807, 2.05) is 0 Å². The SMILES string of the molecule is CCCCCCCCCCCCCCOC(CCCCCCCCCCCCCC)C(CO)(COP(O)O)COP(O)O. The largest absolute Gasteiger partial charge is 0.396 e. The molecule has 1 unspecified atom stereocenters. The van der Waals surface area contributed by atoms with Gasteiger partial charge in [0, 0.05) is 6.61 Å². The molecule has 0 rings (SSSR count). The number of hydrogen-bond donors (Lipinski definition) is 5. The summed E-state index contributed by atoms with van der Waals surface area (Å²) in [5.74, 6) is 0. The van der Waals surface area contributed by atoms with Gasteiger partial charge in [-0.15, -0.1) is 0 Å². The van der Waals surface area contributed by atoms with Crippen LogP contribution in [0, 0.1) is 5.41 Å². The summed E-state index contributed by atoms with van der Waals surface area (Å²) in [6.07, 6.45) is 30.2. The molecule has 43 heavy (non-hydrogen) atoms. The fraction of sp³-hybridized carbons (Fsp3) is 1.00. The summed E-state index contributed by atoms with van der Waals surface area (Å²) in [6.45, 7) is 4.24. The van der Waals surface area contributed by atoms with Gasteiger partial charge in [-0.05, 0) is 12.8 Å². The second-order valence-electron chi connectivity index (χ2n) is 12.5. The van der Waals surface area contributed by atoms with Crippen molar-refractivity contribution in [2.75, 3.05) is 26.4 Å². The zero-order valence-electron chi connectivity index (χ0n) is 27.9. The highest BCUT2D eigenvalue weighted by atomic mass is 31.2. The van der Waals surface area contributed by atoms with Gasteiger partial charge in [0.2, 0.25) is 0 Å². The third-order valence-electron chi connectivity index (χ3n) is 8.57. The Kier molecular flexibility index (Phi) is 32.9. The predicted octanol–water partition coefficient (Wildman–Crippen LogP) is 9.60. The van der Waals surface area contributed by atoms with Crippen LogP contribution in [0.5, 0.6) is 0 Å². The van der Waals surface area contributed by atoms with Gasteiger partial charge in [0.15, 0.2) is 0 Å². The smallest absolute Gasteiger partial charge is 0.327 e. The van der Waals surface area contributed by atoms with E-state index in [0.29, 0.717) is 13.0 Å². The Bertz CT molecular complexity index is 545. The molecular formula is C33H70O8P2. The van der Waals surface area contributed by atoms with E-state index in [9.17, 15) is 24.7 Å². The van der Waals surface area contributed by atoms with Gasteiger partial charge >= 0.3 is 17.2 Å². The van der Waals surface area contributed by atoms with E-state index in [4.69, 9.17) is 13.8 Å². The minimum absolute atomic E-state index is 0.202. The highest BCUT2D eigenvalue weighted by Crippen LogP contribution is 2.38. The first-order valence-electron chi connectivity index (χ1n) is 17.8. The summed E-state index contributed by atoms with van der Waals surface area (Å²) in [6, 6.07) is 0. The van der Waals surface area contributed by atoms with Crippen molar-refractivity contribution >= 4 is 17.2 Å². The molecule has 5 N–H and O–H groups in total. The zero-order chi connectivity index (χ0) is 31.9. The Morgan fingerprint density at radius 2 is 0.814 bits per heavy atom. The number of unbranched alkanes of at least 4 members (excludes halogenated alkanes) is 22. The second-order valence-corrected chi connectivity index (χ2v) is 14.0. The molecule has 0 heterocycles. The van der Waals surface area contributed by atoms with Crippen LogP contribution in [0.3, 0.4) is 0 Å². The summed E-state index contributed by atoms with van der Waals surface area (Å²) in [5.41, 5.74) is -1.12. The van der Waals surface area contributed by atoms with Crippen LogP contribution >= 0.6 is 17.2 Å². The van der Waals surface area contributed by atoms with Crippen LogP contribution in [-0.4, -0.2) is 57.2 Å². The van der Waals surface area contributed by atoms with Gasteiger partial charge in [-0.25, -0.2) is 0 Å². The fourth-order valence-electron chi connectivity index (χ4n) is 5.70. The average Bonchev–Trinajstić information content (AvgIpc) is 2.99. The Morgan fingerprint density at radius 3 is 1.14 bits per heavy atom. The van der Waals surface area contributed by atoms with Crippen molar-refractivity contribution in [3.63, 3.8) is 0 Å². The lowest BCUT2D eigenvalue weighted by Gasteiger charge is -2.38. The molecule has 0 aromatic heterocycles. The van der Waals surface area contributed by atoms with Crippen LogP contribution < -0.4 is 0 Å². The molecule has 0 aliphatic carbocycles. The van der Waals surface area contributed by atoms with E-state index in [1.54, 1.807) is 0 Å². The molecule has 10 heteroatoms. The maximum atomic E-state index is 10.4. The molecule has 0 aliphatic rings. The Labute approximate surface area is 267 Å². The number of ether oxygens (including phenoxy) is 1. The van der Waals surface area contributed by atoms with Gasteiger partial charge in [-0.1, -0.05) is 162 Å². The van der Waals surface area contributed by atoms with E-state index in [0.717, 1.165) is 32.1 Å². The molecule has 8 nitrogen and oxygen atoms in total. The minimum atomic E-state index is -2.63. The van der Waals surface area contributed by atoms with Crippen molar-refractivity contribution in [1.29, 1.82) is 0 Å².